The van der Waals surface area contributed by atoms with E-state index in [1.165, 1.54) is 23.5 Å². The largest absolute Gasteiger partial charge is 0.368 e. The fourth-order valence-corrected chi connectivity index (χ4v) is 4.19. The maximum absolute atomic E-state index is 14.0. The number of benzene rings is 2. The highest BCUT2D eigenvalue weighted by Gasteiger charge is 2.21. The maximum atomic E-state index is 14.0. The number of aromatic nitrogens is 4. The van der Waals surface area contributed by atoms with Crippen molar-refractivity contribution < 1.29 is 4.39 Å². The summed E-state index contributed by atoms with van der Waals surface area (Å²) in [5, 5.41) is 0.188. The van der Waals surface area contributed by atoms with Gasteiger partial charge in [-0.15, -0.1) is 0 Å². The normalized spacial score (nSPS) is 14.1. The first kappa shape index (κ1) is 20.9. The molecular weight excluding hydrogens is 423 g/mol. The van der Waals surface area contributed by atoms with Gasteiger partial charge < -0.3 is 9.80 Å². The number of nitrogens with zero attached hydrogens (tertiary/aromatic N) is 5. The molecule has 0 spiro atoms. The molecule has 0 radical (unpaired) electrons. The standard InChI is InChI=1S/C24H23FN6O2/c1-16-6-2-5-9-20(16)29-10-12-30(13-11-29)23-26-14-18-21(27-23)28-24(33)31(22(18)32)15-17-7-3-4-8-19(17)25/h2-9,14H,10-13,15H2,1H3,(H,26,27,28,33). The number of para-hydroxylation sites is 1. The number of aromatic amines is 1. The molecule has 1 N–H and O–H groups in total. The van der Waals surface area contributed by atoms with Gasteiger partial charge in [0.25, 0.3) is 5.56 Å². The fourth-order valence-electron chi connectivity index (χ4n) is 4.19. The molecule has 0 atom stereocenters. The Bertz CT molecular complexity index is 1440. The lowest BCUT2D eigenvalue weighted by molar-refractivity contribution is 0.590. The van der Waals surface area contributed by atoms with Gasteiger partial charge in [-0.25, -0.2) is 14.2 Å². The molecule has 2 aromatic heterocycles. The predicted molar refractivity (Wildman–Crippen MR) is 126 cm³/mol. The maximum Gasteiger partial charge on any atom is 0.330 e. The quantitative estimate of drug-likeness (QED) is 0.518. The van der Waals surface area contributed by atoms with Gasteiger partial charge in [-0.05, 0) is 24.6 Å². The molecule has 5 rings (SSSR count). The molecular formula is C24H23FN6O2. The molecule has 0 bridgehead atoms. The zero-order valence-electron chi connectivity index (χ0n) is 18.2. The summed E-state index contributed by atoms with van der Waals surface area (Å²) in [5.74, 6) is -0.00540. The average molecular weight is 446 g/mol. The number of fused-ring (bicyclic) bond motifs is 1. The number of aryl methyl sites for hydroxylation is 1. The van der Waals surface area contributed by atoms with Gasteiger partial charge in [-0.1, -0.05) is 36.4 Å². The van der Waals surface area contributed by atoms with Crippen LogP contribution in [-0.2, 0) is 6.54 Å². The van der Waals surface area contributed by atoms with Crippen molar-refractivity contribution in [2.45, 2.75) is 13.5 Å². The lowest BCUT2D eigenvalue weighted by Crippen LogP contribution is -2.47. The SMILES string of the molecule is Cc1ccccc1N1CCN(c2ncc3c(=O)n(Cc4ccccc4F)c(=O)[nH]c3n2)CC1. The molecule has 0 amide bonds. The topological polar surface area (TPSA) is 87.1 Å². The highest BCUT2D eigenvalue weighted by molar-refractivity contribution is 5.73. The number of rotatable bonds is 4. The Hall–Kier alpha value is -4.01. The van der Waals surface area contributed by atoms with Gasteiger partial charge in [0.15, 0.2) is 5.65 Å². The molecule has 0 unspecified atom stereocenters. The monoisotopic (exact) mass is 446 g/mol. The molecule has 9 heteroatoms. The summed E-state index contributed by atoms with van der Waals surface area (Å²) in [4.78, 5) is 41.4. The van der Waals surface area contributed by atoms with Crippen LogP contribution in [0, 0.1) is 12.7 Å². The first-order valence-corrected chi connectivity index (χ1v) is 10.8. The Morgan fingerprint density at radius 3 is 2.42 bits per heavy atom. The minimum Gasteiger partial charge on any atom is -0.368 e. The van der Waals surface area contributed by atoms with E-state index in [-0.39, 0.29) is 23.1 Å². The second-order valence-corrected chi connectivity index (χ2v) is 8.11. The van der Waals surface area contributed by atoms with Crippen LogP contribution in [0.3, 0.4) is 0 Å². The van der Waals surface area contributed by atoms with Gasteiger partial charge in [-0.2, -0.15) is 4.98 Å². The number of hydrogen-bond acceptors (Lipinski definition) is 6. The number of anilines is 2. The molecule has 0 aliphatic carbocycles. The van der Waals surface area contributed by atoms with E-state index < -0.39 is 17.1 Å². The predicted octanol–water partition coefficient (Wildman–Crippen LogP) is 2.30. The van der Waals surface area contributed by atoms with Gasteiger partial charge in [0.1, 0.15) is 11.2 Å². The Morgan fingerprint density at radius 1 is 0.970 bits per heavy atom. The Labute approximate surface area is 189 Å². The zero-order valence-corrected chi connectivity index (χ0v) is 18.2. The first-order valence-electron chi connectivity index (χ1n) is 10.8. The second-order valence-electron chi connectivity index (χ2n) is 8.11. The van der Waals surface area contributed by atoms with Gasteiger partial charge in [0.05, 0.1) is 6.54 Å². The third kappa shape index (κ3) is 3.97. The Kier molecular flexibility index (Phi) is 5.37. The molecule has 3 heterocycles. The Morgan fingerprint density at radius 2 is 1.67 bits per heavy atom. The summed E-state index contributed by atoms with van der Waals surface area (Å²) < 4.78 is 15.0. The van der Waals surface area contributed by atoms with Crippen molar-refractivity contribution in [2.75, 3.05) is 36.0 Å². The minimum atomic E-state index is -0.634. The van der Waals surface area contributed by atoms with Gasteiger partial charge in [-0.3, -0.25) is 14.3 Å². The third-order valence-electron chi connectivity index (χ3n) is 6.03. The van der Waals surface area contributed by atoms with Gasteiger partial charge in [0.2, 0.25) is 5.95 Å². The average Bonchev–Trinajstić information content (AvgIpc) is 2.83. The van der Waals surface area contributed by atoms with Crippen LogP contribution in [0.1, 0.15) is 11.1 Å². The molecule has 2 aromatic carbocycles. The first-order chi connectivity index (χ1) is 16.0. The van der Waals surface area contributed by atoms with Crippen LogP contribution >= 0.6 is 0 Å². The molecule has 0 saturated carbocycles. The lowest BCUT2D eigenvalue weighted by atomic mass is 10.1. The summed E-state index contributed by atoms with van der Waals surface area (Å²) in [6.45, 7) is 4.99. The molecule has 4 aromatic rings. The van der Waals surface area contributed by atoms with E-state index in [0.29, 0.717) is 19.0 Å². The van der Waals surface area contributed by atoms with Crippen molar-refractivity contribution in [3.05, 3.63) is 92.5 Å². The molecule has 1 saturated heterocycles. The van der Waals surface area contributed by atoms with E-state index >= 15 is 0 Å². The summed E-state index contributed by atoms with van der Waals surface area (Å²) in [6, 6.07) is 14.3. The molecule has 8 nitrogen and oxygen atoms in total. The summed E-state index contributed by atoms with van der Waals surface area (Å²) in [6.07, 6.45) is 1.43. The smallest absolute Gasteiger partial charge is 0.330 e. The summed E-state index contributed by atoms with van der Waals surface area (Å²) in [5.41, 5.74) is 1.71. The van der Waals surface area contributed by atoms with Crippen molar-refractivity contribution in [1.29, 1.82) is 0 Å². The van der Waals surface area contributed by atoms with E-state index in [4.69, 9.17) is 0 Å². The van der Waals surface area contributed by atoms with E-state index in [2.05, 4.69) is 38.9 Å². The van der Waals surface area contributed by atoms with E-state index in [9.17, 15) is 14.0 Å². The van der Waals surface area contributed by atoms with Crippen molar-refractivity contribution in [2.24, 2.45) is 0 Å². The number of nitrogens with one attached hydrogen (secondary N) is 1. The lowest BCUT2D eigenvalue weighted by Gasteiger charge is -2.36. The molecule has 1 aliphatic heterocycles. The van der Waals surface area contributed by atoms with E-state index in [1.54, 1.807) is 18.2 Å². The number of hydrogen-bond donors (Lipinski definition) is 1. The van der Waals surface area contributed by atoms with Crippen molar-refractivity contribution in [3.63, 3.8) is 0 Å². The van der Waals surface area contributed by atoms with Crippen LogP contribution < -0.4 is 21.0 Å². The second kappa shape index (κ2) is 8.50. The summed E-state index contributed by atoms with van der Waals surface area (Å²) in [7, 11) is 0. The van der Waals surface area contributed by atoms with Crippen molar-refractivity contribution >= 4 is 22.7 Å². The minimum absolute atomic E-state index is 0.167. The highest BCUT2D eigenvalue weighted by Crippen LogP contribution is 2.22. The number of halogens is 1. The van der Waals surface area contributed by atoms with Crippen LogP contribution in [-0.4, -0.2) is 45.7 Å². The van der Waals surface area contributed by atoms with Crippen molar-refractivity contribution in [1.82, 2.24) is 19.5 Å². The van der Waals surface area contributed by atoms with Crippen molar-refractivity contribution in [3.8, 4) is 0 Å². The van der Waals surface area contributed by atoms with Crippen LogP contribution in [0.4, 0.5) is 16.0 Å². The summed E-state index contributed by atoms with van der Waals surface area (Å²) >= 11 is 0. The van der Waals surface area contributed by atoms with Crippen LogP contribution in [0.25, 0.3) is 11.0 Å². The molecule has 168 valence electrons. The number of piperazine rings is 1. The van der Waals surface area contributed by atoms with Crippen LogP contribution in [0.15, 0.2) is 64.3 Å². The van der Waals surface area contributed by atoms with Gasteiger partial charge >= 0.3 is 5.69 Å². The third-order valence-corrected chi connectivity index (χ3v) is 6.03. The molecule has 33 heavy (non-hydrogen) atoms. The van der Waals surface area contributed by atoms with E-state index in [1.807, 2.05) is 17.0 Å². The highest BCUT2D eigenvalue weighted by atomic mass is 19.1. The van der Waals surface area contributed by atoms with Crippen LogP contribution in [0.2, 0.25) is 0 Å². The Balaban J connectivity index is 1.39. The number of H-pyrrole nitrogens is 1. The molecule has 1 fully saturated rings. The zero-order chi connectivity index (χ0) is 22.9. The molecule has 1 aliphatic rings. The van der Waals surface area contributed by atoms with Gasteiger partial charge in [0, 0.05) is 43.6 Å². The van der Waals surface area contributed by atoms with E-state index in [0.717, 1.165) is 17.7 Å². The fraction of sp³-hybridized carbons (Fsp3) is 0.250. The van der Waals surface area contributed by atoms with Crippen LogP contribution in [0.5, 0.6) is 0 Å².